The predicted molar refractivity (Wildman–Crippen MR) is 170 cm³/mol. The molecule has 16 heteroatoms. The minimum absolute atomic E-state index is 0.0161. The summed E-state index contributed by atoms with van der Waals surface area (Å²) < 4.78 is 60.4. The highest BCUT2D eigenvalue weighted by Crippen LogP contribution is 2.45. The van der Waals surface area contributed by atoms with E-state index in [9.17, 15) is 41.2 Å². The monoisotopic (exact) mass is 705 g/mol. The molecule has 4 bridgehead atoms. The van der Waals surface area contributed by atoms with Gasteiger partial charge in [-0.15, -0.1) is 6.58 Å². The molecule has 0 aromatic heterocycles. The van der Waals surface area contributed by atoms with Gasteiger partial charge in [-0.1, -0.05) is 30.7 Å². The molecule has 0 unspecified atom stereocenters. The van der Waals surface area contributed by atoms with E-state index in [1.165, 1.54) is 11.0 Å². The van der Waals surface area contributed by atoms with Crippen molar-refractivity contribution in [2.24, 2.45) is 5.92 Å². The molecule has 2 saturated carbocycles. The average Bonchev–Trinajstić information content (AvgIpc) is 3.94. The molecule has 3 heterocycles. The van der Waals surface area contributed by atoms with Crippen LogP contribution in [0.5, 0.6) is 0 Å². The number of halogens is 2. The number of carbonyl (C=O) groups excluding carboxylic acids is 5. The largest absolute Gasteiger partial charge is 0.444 e. The second-order valence-corrected chi connectivity index (χ2v) is 15.6. The number of nitrogens with one attached hydrogen (secondary N) is 3. The fourth-order valence-corrected chi connectivity index (χ4v) is 8.47. The summed E-state index contributed by atoms with van der Waals surface area (Å²) >= 11 is 0. The average molecular weight is 706 g/mol. The summed E-state index contributed by atoms with van der Waals surface area (Å²) in [6.45, 7) is 3.97. The molecular weight excluding hydrogens is 664 g/mol. The number of hydrogen-bond donors (Lipinski definition) is 3. The van der Waals surface area contributed by atoms with Crippen LogP contribution in [0.25, 0.3) is 0 Å². The van der Waals surface area contributed by atoms with Gasteiger partial charge in [-0.25, -0.2) is 22.0 Å². The highest BCUT2D eigenvalue weighted by Gasteiger charge is 2.62. The molecule has 1 aromatic rings. The number of fused-ring (bicyclic) bond motifs is 3. The van der Waals surface area contributed by atoms with Crippen LogP contribution in [0.3, 0.4) is 0 Å². The Morgan fingerprint density at radius 3 is 2.53 bits per heavy atom. The van der Waals surface area contributed by atoms with E-state index in [1.807, 2.05) is 18.2 Å². The first-order valence-electron chi connectivity index (χ1n) is 16.7. The second kappa shape index (κ2) is 13.7. The number of sulfonamides is 1. The summed E-state index contributed by atoms with van der Waals surface area (Å²) in [4.78, 5) is 69.9. The van der Waals surface area contributed by atoms with Crippen molar-refractivity contribution in [2.75, 3.05) is 6.54 Å². The van der Waals surface area contributed by atoms with Crippen molar-refractivity contribution in [3.63, 3.8) is 0 Å². The third kappa shape index (κ3) is 7.43. The van der Waals surface area contributed by atoms with Gasteiger partial charge in [0.05, 0.1) is 11.8 Å². The smallest absolute Gasteiger partial charge is 0.410 e. The summed E-state index contributed by atoms with van der Waals surface area (Å²) in [7, 11) is -3.95. The second-order valence-electron chi connectivity index (χ2n) is 13.6. The molecule has 266 valence electrons. The molecule has 1 saturated heterocycles. The highest BCUT2D eigenvalue weighted by atomic mass is 32.2. The first-order chi connectivity index (χ1) is 23.3. The van der Waals surface area contributed by atoms with Gasteiger partial charge in [-0.05, 0) is 55.2 Å². The highest BCUT2D eigenvalue weighted by molar-refractivity contribution is 7.91. The first-order valence-corrected chi connectivity index (χ1v) is 18.3. The first kappa shape index (κ1) is 34.8. The summed E-state index contributed by atoms with van der Waals surface area (Å²) in [5.74, 6) is -3.96. The number of benzene rings is 1. The van der Waals surface area contributed by atoms with Crippen LogP contribution in [0.4, 0.5) is 13.6 Å². The van der Waals surface area contributed by atoms with Crippen molar-refractivity contribution in [3.8, 4) is 0 Å². The summed E-state index contributed by atoms with van der Waals surface area (Å²) in [5, 5.41) is 4.34. The van der Waals surface area contributed by atoms with Crippen molar-refractivity contribution in [2.45, 2.75) is 113 Å². The lowest BCUT2D eigenvalue weighted by atomic mass is 9.98. The van der Waals surface area contributed by atoms with Crippen LogP contribution in [-0.4, -0.2) is 89.9 Å². The molecule has 0 radical (unpaired) electrons. The van der Waals surface area contributed by atoms with E-state index in [-0.39, 0.29) is 25.8 Å². The zero-order valence-corrected chi connectivity index (χ0v) is 27.8. The van der Waals surface area contributed by atoms with Crippen molar-refractivity contribution in [1.82, 2.24) is 25.2 Å². The van der Waals surface area contributed by atoms with E-state index in [2.05, 4.69) is 21.9 Å². The number of carbonyl (C=O) groups is 5. The molecule has 13 nitrogen and oxygen atoms in total. The summed E-state index contributed by atoms with van der Waals surface area (Å²) in [5.41, 5.74) is 1.44. The molecule has 5 amide bonds. The zero-order chi connectivity index (χ0) is 35.1. The third-order valence-electron chi connectivity index (χ3n) is 10.1. The van der Waals surface area contributed by atoms with E-state index in [1.54, 1.807) is 0 Å². The van der Waals surface area contributed by atoms with Gasteiger partial charge in [0.25, 0.3) is 5.91 Å². The molecule has 5 atom stereocenters. The van der Waals surface area contributed by atoms with Crippen LogP contribution in [0.2, 0.25) is 0 Å². The molecule has 3 N–H and O–H groups in total. The molecule has 6 rings (SSSR count). The molecular formula is C33H41F2N5O8S. The van der Waals surface area contributed by atoms with Gasteiger partial charge in [0.15, 0.2) is 0 Å². The normalized spacial score (nSPS) is 29.1. The molecule has 3 aliphatic heterocycles. The van der Waals surface area contributed by atoms with Gasteiger partial charge in [0.2, 0.25) is 34.2 Å². The van der Waals surface area contributed by atoms with Crippen molar-refractivity contribution >= 4 is 39.7 Å². The Kier molecular flexibility index (Phi) is 9.70. The topological polar surface area (TPSA) is 171 Å². The van der Waals surface area contributed by atoms with E-state index >= 15 is 0 Å². The Labute approximate surface area is 283 Å². The van der Waals surface area contributed by atoms with Gasteiger partial charge in [0, 0.05) is 38.3 Å². The van der Waals surface area contributed by atoms with Gasteiger partial charge >= 0.3 is 6.09 Å². The number of nitrogens with zero attached hydrogens (tertiary/aromatic N) is 2. The number of aryl methyl sites for hydroxylation is 1. The van der Waals surface area contributed by atoms with Crippen molar-refractivity contribution < 1.29 is 45.9 Å². The fraction of sp³-hybridized carbons (Fsp3) is 0.606. The predicted octanol–water partition coefficient (Wildman–Crippen LogP) is 2.03. The van der Waals surface area contributed by atoms with Crippen molar-refractivity contribution in [1.29, 1.82) is 0 Å². The van der Waals surface area contributed by atoms with Gasteiger partial charge < -0.3 is 20.3 Å². The minimum Gasteiger partial charge on any atom is -0.444 e. The maximum absolute atomic E-state index is 13.9. The molecule has 3 fully saturated rings. The maximum atomic E-state index is 13.9. The zero-order valence-electron chi connectivity index (χ0n) is 27.0. The van der Waals surface area contributed by atoms with Crippen LogP contribution in [-0.2, 0) is 53.4 Å². The number of hydrogen-bond acceptors (Lipinski definition) is 8. The SMILES string of the molecule is C=C[C@H]1C[C@]1(NC(=O)[C@@H]1C[C@@H]2CN1C(=O)[C@H](CC(F)F)NC(=O)CCCCCc1cccc3c1CN(C3)C(=O)O2)C(=O)NS(=O)(=O)C1CC1. The van der Waals surface area contributed by atoms with E-state index in [0.717, 1.165) is 34.4 Å². The summed E-state index contributed by atoms with van der Waals surface area (Å²) in [6.07, 6.45) is -0.945. The molecule has 2 aliphatic carbocycles. The number of alkyl halides is 2. The Bertz CT molecular complexity index is 1650. The fourth-order valence-electron chi connectivity index (χ4n) is 7.11. The molecule has 1 aromatic carbocycles. The van der Waals surface area contributed by atoms with E-state index in [0.29, 0.717) is 38.8 Å². The quantitative estimate of drug-likeness (QED) is 0.345. The van der Waals surface area contributed by atoms with E-state index in [4.69, 9.17) is 4.74 Å². The Morgan fingerprint density at radius 2 is 1.84 bits per heavy atom. The minimum atomic E-state index is -3.95. The molecule has 5 aliphatic rings. The van der Waals surface area contributed by atoms with E-state index < -0.39 is 87.5 Å². The standard InChI is InChI=1S/C33H41F2N5O8S/c1-2-21-15-33(21,31(44)38-49(46,47)23-11-12-23)37-29(42)26-13-22-17-40(26)30(43)25(14-27(34)35)36-28(41)10-5-3-4-7-19-8-6-9-20-16-39(18-24(19)20)32(45)48-22/h2,6,8-9,21-23,25-27H,1,3-5,7,10-18H2,(H,36,41)(H,37,42)(H,38,44)/t21-,22+,25-,26-,33+/m0/s1. The molecule has 49 heavy (non-hydrogen) atoms. The Balaban J connectivity index is 1.26. The van der Waals surface area contributed by atoms with Gasteiger partial charge in [-0.2, -0.15) is 0 Å². The summed E-state index contributed by atoms with van der Waals surface area (Å²) in [6, 6.07) is 2.82. The van der Waals surface area contributed by atoms with Gasteiger partial charge in [0.1, 0.15) is 23.7 Å². The van der Waals surface area contributed by atoms with Crippen LogP contribution in [0.15, 0.2) is 30.9 Å². The lowest BCUT2D eigenvalue weighted by molar-refractivity contribution is -0.143. The Hall–Kier alpha value is -4.08. The van der Waals surface area contributed by atoms with Crippen LogP contribution in [0, 0.1) is 5.92 Å². The number of amides is 5. The van der Waals surface area contributed by atoms with Crippen molar-refractivity contribution in [3.05, 3.63) is 47.5 Å². The lowest BCUT2D eigenvalue weighted by Crippen LogP contribution is -2.58. The Morgan fingerprint density at radius 1 is 1.10 bits per heavy atom. The lowest BCUT2D eigenvalue weighted by Gasteiger charge is -2.29. The van der Waals surface area contributed by atoms with Crippen LogP contribution < -0.4 is 15.4 Å². The van der Waals surface area contributed by atoms with Gasteiger partial charge in [-0.3, -0.25) is 28.8 Å². The number of rotatable bonds is 8. The maximum Gasteiger partial charge on any atom is 0.410 e. The van der Waals surface area contributed by atoms with Crippen LogP contribution >= 0.6 is 0 Å². The third-order valence-corrected chi connectivity index (χ3v) is 11.9. The number of ether oxygens (including phenoxy) is 1. The molecule has 0 spiro atoms. The van der Waals surface area contributed by atoms with Crippen LogP contribution in [0.1, 0.15) is 74.5 Å².